The van der Waals surface area contributed by atoms with E-state index in [4.69, 9.17) is 9.47 Å². The highest BCUT2D eigenvalue weighted by Crippen LogP contribution is 2.30. The Bertz CT molecular complexity index is 1000. The van der Waals surface area contributed by atoms with Gasteiger partial charge in [0, 0.05) is 12.1 Å². The van der Waals surface area contributed by atoms with Crippen LogP contribution in [0.4, 0.5) is 0 Å². The van der Waals surface area contributed by atoms with Gasteiger partial charge in [-0.2, -0.15) is 0 Å². The van der Waals surface area contributed by atoms with E-state index < -0.39 is 0 Å². The molecule has 0 saturated heterocycles. The van der Waals surface area contributed by atoms with Crippen LogP contribution in [0.2, 0.25) is 0 Å². The largest absolute Gasteiger partial charge is 0.486 e. The summed E-state index contributed by atoms with van der Waals surface area (Å²) in [5.41, 5.74) is 4.79. The minimum absolute atomic E-state index is 0.151. The second kappa shape index (κ2) is 6.63. The summed E-state index contributed by atoms with van der Waals surface area (Å²) in [5.74, 6) is 1.31. The van der Waals surface area contributed by atoms with Gasteiger partial charge in [0.25, 0.3) is 5.91 Å². The fourth-order valence-electron chi connectivity index (χ4n) is 2.85. The van der Waals surface area contributed by atoms with Gasteiger partial charge in [-0.25, -0.2) is 9.97 Å². The lowest BCUT2D eigenvalue weighted by atomic mass is 10.1. The van der Waals surface area contributed by atoms with Crippen molar-refractivity contribution >= 4 is 16.9 Å². The fraction of sp³-hybridized carbons (Fsp3) is 0.250. The zero-order valence-corrected chi connectivity index (χ0v) is 14.7. The minimum atomic E-state index is -0.151. The van der Waals surface area contributed by atoms with Gasteiger partial charge in [0.15, 0.2) is 11.5 Å². The Morgan fingerprint density at radius 1 is 0.962 bits per heavy atom. The molecule has 1 N–H and O–H groups in total. The first-order chi connectivity index (χ1) is 12.6. The molecule has 1 aliphatic rings. The predicted octanol–water partition coefficient (Wildman–Crippen LogP) is 2.95. The van der Waals surface area contributed by atoms with E-state index in [9.17, 15) is 4.79 Å². The van der Waals surface area contributed by atoms with Crippen molar-refractivity contribution in [1.82, 2.24) is 15.3 Å². The maximum Gasteiger partial charge on any atom is 0.251 e. The van der Waals surface area contributed by atoms with Gasteiger partial charge in [0.2, 0.25) is 0 Å². The first-order valence-electron chi connectivity index (χ1n) is 8.52. The highest BCUT2D eigenvalue weighted by molar-refractivity contribution is 5.97. The molecule has 6 nitrogen and oxygen atoms in total. The summed E-state index contributed by atoms with van der Waals surface area (Å²) >= 11 is 0. The lowest BCUT2D eigenvalue weighted by Gasteiger charge is -2.19. The standard InChI is InChI=1S/C20H19N3O3/c1-12-13(2)23-17-10-15(4-5-16(17)22-12)20(24)21-11-14-3-6-18-19(9-14)26-8-7-25-18/h3-6,9-10H,7-8,11H2,1-2H3,(H,21,24). The van der Waals surface area contributed by atoms with Crippen molar-refractivity contribution in [1.29, 1.82) is 0 Å². The average Bonchev–Trinajstić information content (AvgIpc) is 2.66. The lowest BCUT2D eigenvalue weighted by molar-refractivity contribution is 0.0951. The number of benzene rings is 2. The van der Waals surface area contributed by atoms with E-state index in [0.717, 1.165) is 39.5 Å². The van der Waals surface area contributed by atoms with Gasteiger partial charge in [-0.3, -0.25) is 4.79 Å². The Hall–Kier alpha value is -3.15. The SMILES string of the molecule is Cc1nc2ccc(C(=O)NCc3ccc4c(c3)OCCO4)cc2nc1C. The van der Waals surface area contributed by atoms with Gasteiger partial charge in [-0.05, 0) is 49.7 Å². The molecule has 0 unspecified atom stereocenters. The monoisotopic (exact) mass is 349 g/mol. The van der Waals surface area contributed by atoms with Crippen molar-refractivity contribution in [3.05, 3.63) is 58.9 Å². The Kier molecular flexibility index (Phi) is 4.16. The second-order valence-corrected chi connectivity index (χ2v) is 6.26. The lowest BCUT2D eigenvalue weighted by Crippen LogP contribution is -2.23. The maximum absolute atomic E-state index is 12.5. The van der Waals surface area contributed by atoms with Crippen molar-refractivity contribution in [2.75, 3.05) is 13.2 Å². The van der Waals surface area contributed by atoms with E-state index in [1.807, 2.05) is 38.1 Å². The molecule has 1 amide bonds. The van der Waals surface area contributed by atoms with Crippen LogP contribution in [0.25, 0.3) is 11.0 Å². The number of hydrogen-bond acceptors (Lipinski definition) is 5. The number of carbonyl (C=O) groups excluding carboxylic acids is 1. The molecule has 6 heteroatoms. The third-order valence-corrected chi connectivity index (χ3v) is 4.40. The molecule has 2 aromatic carbocycles. The first kappa shape index (κ1) is 16.3. The third-order valence-electron chi connectivity index (χ3n) is 4.40. The van der Waals surface area contributed by atoms with Crippen LogP contribution in [-0.2, 0) is 6.54 Å². The quantitative estimate of drug-likeness (QED) is 0.787. The smallest absolute Gasteiger partial charge is 0.251 e. The van der Waals surface area contributed by atoms with Crippen molar-refractivity contribution in [3.8, 4) is 11.5 Å². The number of amides is 1. The second-order valence-electron chi connectivity index (χ2n) is 6.26. The highest BCUT2D eigenvalue weighted by atomic mass is 16.6. The first-order valence-corrected chi connectivity index (χ1v) is 8.52. The van der Waals surface area contributed by atoms with E-state index in [1.54, 1.807) is 12.1 Å². The van der Waals surface area contributed by atoms with Gasteiger partial charge >= 0.3 is 0 Å². The summed E-state index contributed by atoms with van der Waals surface area (Å²) < 4.78 is 11.1. The third kappa shape index (κ3) is 3.18. The molecule has 2 heterocycles. The van der Waals surface area contributed by atoms with Gasteiger partial charge in [-0.1, -0.05) is 6.07 Å². The maximum atomic E-state index is 12.5. The summed E-state index contributed by atoms with van der Waals surface area (Å²) in [5, 5.41) is 2.93. The average molecular weight is 349 g/mol. The Morgan fingerprint density at radius 3 is 2.50 bits per heavy atom. The minimum Gasteiger partial charge on any atom is -0.486 e. The topological polar surface area (TPSA) is 73.3 Å². The number of nitrogens with zero attached hydrogens (tertiary/aromatic N) is 2. The summed E-state index contributed by atoms with van der Waals surface area (Å²) in [6, 6.07) is 11.1. The van der Waals surface area contributed by atoms with Crippen molar-refractivity contribution in [3.63, 3.8) is 0 Å². The highest BCUT2D eigenvalue weighted by Gasteiger charge is 2.13. The van der Waals surface area contributed by atoms with E-state index in [-0.39, 0.29) is 5.91 Å². The van der Waals surface area contributed by atoms with Gasteiger partial charge < -0.3 is 14.8 Å². The summed E-state index contributed by atoms with van der Waals surface area (Å²) in [7, 11) is 0. The molecule has 132 valence electrons. The number of fused-ring (bicyclic) bond motifs is 2. The normalized spacial score (nSPS) is 12.8. The molecule has 1 aromatic heterocycles. The number of carbonyl (C=O) groups is 1. The Morgan fingerprint density at radius 2 is 1.69 bits per heavy atom. The molecule has 0 fully saturated rings. The van der Waals surface area contributed by atoms with E-state index >= 15 is 0 Å². The number of aryl methyl sites for hydroxylation is 2. The fourth-order valence-corrected chi connectivity index (χ4v) is 2.85. The van der Waals surface area contributed by atoms with E-state index in [1.165, 1.54) is 0 Å². The number of hydrogen-bond donors (Lipinski definition) is 1. The molecule has 3 aromatic rings. The molecule has 0 radical (unpaired) electrons. The number of ether oxygens (including phenoxy) is 2. The summed E-state index contributed by atoms with van der Waals surface area (Å²) in [6.07, 6.45) is 0. The van der Waals surface area contributed by atoms with Crippen LogP contribution in [-0.4, -0.2) is 29.1 Å². The molecule has 0 saturated carbocycles. The number of rotatable bonds is 3. The number of aromatic nitrogens is 2. The molecule has 0 bridgehead atoms. The van der Waals surface area contributed by atoms with Crippen molar-refractivity contribution < 1.29 is 14.3 Å². The Labute approximate surface area is 151 Å². The van der Waals surface area contributed by atoms with Crippen LogP contribution in [0.3, 0.4) is 0 Å². The van der Waals surface area contributed by atoms with Gasteiger partial charge in [0.05, 0.1) is 22.4 Å². The predicted molar refractivity (Wildman–Crippen MR) is 97.6 cm³/mol. The van der Waals surface area contributed by atoms with Crippen molar-refractivity contribution in [2.45, 2.75) is 20.4 Å². The molecule has 26 heavy (non-hydrogen) atoms. The van der Waals surface area contributed by atoms with Crippen LogP contribution in [0, 0.1) is 13.8 Å². The van der Waals surface area contributed by atoms with E-state index in [2.05, 4.69) is 15.3 Å². The van der Waals surface area contributed by atoms with Crippen molar-refractivity contribution in [2.24, 2.45) is 0 Å². The van der Waals surface area contributed by atoms with Gasteiger partial charge in [0.1, 0.15) is 13.2 Å². The summed E-state index contributed by atoms with van der Waals surface area (Å²) in [4.78, 5) is 21.5. The van der Waals surface area contributed by atoms with Crippen LogP contribution >= 0.6 is 0 Å². The van der Waals surface area contributed by atoms with E-state index in [0.29, 0.717) is 25.3 Å². The molecular weight excluding hydrogens is 330 g/mol. The van der Waals surface area contributed by atoms with Crippen LogP contribution in [0.1, 0.15) is 27.3 Å². The van der Waals surface area contributed by atoms with Crippen LogP contribution < -0.4 is 14.8 Å². The molecule has 4 rings (SSSR count). The molecule has 1 aliphatic heterocycles. The Balaban J connectivity index is 1.49. The molecule has 0 spiro atoms. The molecular formula is C20H19N3O3. The molecule has 0 atom stereocenters. The van der Waals surface area contributed by atoms with Crippen LogP contribution in [0.15, 0.2) is 36.4 Å². The zero-order valence-electron chi connectivity index (χ0n) is 14.7. The zero-order chi connectivity index (χ0) is 18.1. The summed E-state index contributed by atoms with van der Waals surface area (Å²) in [6.45, 7) is 5.35. The van der Waals surface area contributed by atoms with Gasteiger partial charge in [-0.15, -0.1) is 0 Å². The molecule has 0 aliphatic carbocycles. The number of nitrogens with one attached hydrogen (secondary N) is 1. The van der Waals surface area contributed by atoms with Crippen LogP contribution in [0.5, 0.6) is 11.5 Å².